The Hall–Kier alpha value is -1.84. The number of aliphatic carboxylic acids is 1. The normalized spacial score (nSPS) is 24.9. The molecule has 2 rings (SSSR count). The Morgan fingerprint density at radius 2 is 2.00 bits per heavy atom. The number of benzene rings is 1. The maximum Gasteiger partial charge on any atom is 0.309 e. The van der Waals surface area contributed by atoms with Gasteiger partial charge in [-0.2, -0.15) is 0 Å². The van der Waals surface area contributed by atoms with Gasteiger partial charge in [-0.3, -0.25) is 9.59 Å². The summed E-state index contributed by atoms with van der Waals surface area (Å²) >= 11 is 0. The summed E-state index contributed by atoms with van der Waals surface area (Å²) in [5, 5.41) is 11.6. The minimum absolute atomic E-state index is 0.200. The van der Waals surface area contributed by atoms with Gasteiger partial charge >= 0.3 is 5.97 Å². The van der Waals surface area contributed by atoms with Crippen molar-refractivity contribution in [1.82, 2.24) is 5.32 Å². The van der Waals surface area contributed by atoms with Gasteiger partial charge in [0.15, 0.2) is 0 Å². The summed E-state index contributed by atoms with van der Waals surface area (Å²) in [7, 11) is 0. The molecule has 1 saturated heterocycles. The van der Waals surface area contributed by atoms with Gasteiger partial charge in [0, 0.05) is 6.54 Å². The van der Waals surface area contributed by atoms with E-state index in [-0.39, 0.29) is 12.5 Å². The molecule has 78 valence electrons. The highest BCUT2D eigenvalue weighted by molar-refractivity contribution is 5.92. The summed E-state index contributed by atoms with van der Waals surface area (Å²) in [6, 6.07) is 9.02. The summed E-state index contributed by atoms with van der Waals surface area (Å²) in [5.74, 6) is -2.33. The van der Waals surface area contributed by atoms with Crippen molar-refractivity contribution < 1.29 is 14.7 Å². The second-order valence-electron chi connectivity index (χ2n) is 3.58. The van der Waals surface area contributed by atoms with Crippen molar-refractivity contribution in [2.45, 2.75) is 5.92 Å². The van der Waals surface area contributed by atoms with Crippen LogP contribution in [0.3, 0.4) is 0 Å². The van der Waals surface area contributed by atoms with Crippen LogP contribution in [0.2, 0.25) is 0 Å². The van der Waals surface area contributed by atoms with E-state index >= 15 is 0 Å². The third-order valence-electron chi connectivity index (χ3n) is 2.66. The van der Waals surface area contributed by atoms with Gasteiger partial charge < -0.3 is 10.4 Å². The fourth-order valence-corrected chi connectivity index (χ4v) is 1.90. The summed E-state index contributed by atoms with van der Waals surface area (Å²) in [6.07, 6.45) is 0. The van der Waals surface area contributed by atoms with Gasteiger partial charge in [-0.25, -0.2) is 0 Å². The van der Waals surface area contributed by atoms with Crippen LogP contribution >= 0.6 is 0 Å². The van der Waals surface area contributed by atoms with Crippen LogP contribution in [0.25, 0.3) is 0 Å². The SMILES string of the molecule is O=C(O)[C@H]1CNC(=O)[C@H]1c1ccccc1. The van der Waals surface area contributed by atoms with E-state index in [1.54, 1.807) is 24.3 Å². The Morgan fingerprint density at radius 3 is 2.60 bits per heavy atom. The number of carboxylic acids is 1. The monoisotopic (exact) mass is 205 g/mol. The van der Waals surface area contributed by atoms with Crippen molar-refractivity contribution in [3.05, 3.63) is 35.9 Å². The number of hydrogen-bond acceptors (Lipinski definition) is 2. The van der Waals surface area contributed by atoms with Gasteiger partial charge in [-0.1, -0.05) is 30.3 Å². The molecule has 1 aliphatic heterocycles. The van der Waals surface area contributed by atoms with Crippen LogP contribution in [0.15, 0.2) is 30.3 Å². The predicted octanol–water partition coefficient (Wildman–Crippen LogP) is 0.601. The fraction of sp³-hybridized carbons (Fsp3) is 0.273. The lowest BCUT2D eigenvalue weighted by Gasteiger charge is -2.12. The van der Waals surface area contributed by atoms with E-state index in [1.807, 2.05) is 6.07 Å². The molecule has 1 amide bonds. The Kier molecular flexibility index (Phi) is 2.41. The second-order valence-corrected chi connectivity index (χ2v) is 3.58. The van der Waals surface area contributed by atoms with Crippen LogP contribution in [0.5, 0.6) is 0 Å². The zero-order valence-corrected chi connectivity index (χ0v) is 8.01. The van der Waals surface area contributed by atoms with E-state index in [2.05, 4.69) is 5.32 Å². The van der Waals surface area contributed by atoms with Crippen LogP contribution in [0.4, 0.5) is 0 Å². The first kappa shape index (κ1) is 9.71. The third-order valence-corrected chi connectivity index (χ3v) is 2.66. The molecule has 4 nitrogen and oxygen atoms in total. The van der Waals surface area contributed by atoms with E-state index in [0.717, 1.165) is 5.56 Å². The van der Waals surface area contributed by atoms with Gasteiger partial charge in [-0.15, -0.1) is 0 Å². The van der Waals surface area contributed by atoms with E-state index in [4.69, 9.17) is 5.11 Å². The van der Waals surface area contributed by atoms with Crippen molar-refractivity contribution in [1.29, 1.82) is 0 Å². The van der Waals surface area contributed by atoms with Gasteiger partial charge in [0.05, 0.1) is 11.8 Å². The minimum atomic E-state index is -0.929. The highest BCUT2D eigenvalue weighted by Crippen LogP contribution is 2.28. The molecule has 1 heterocycles. The average molecular weight is 205 g/mol. The van der Waals surface area contributed by atoms with Crippen LogP contribution in [0, 0.1) is 5.92 Å². The number of carbonyl (C=O) groups is 2. The van der Waals surface area contributed by atoms with Crippen molar-refractivity contribution in [2.75, 3.05) is 6.54 Å². The number of hydrogen-bond donors (Lipinski definition) is 2. The molecule has 0 spiro atoms. The van der Waals surface area contributed by atoms with Gasteiger partial charge in [0.1, 0.15) is 0 Å². The van der Waals surface area contributed by atoms with Gasteiger partial charge in [0.25, 0.3) is 0 Å². The molecule has 1 aliphatic rings. The van der Waals surface area contributed by atoms with Crippen LogP contribution in [-0.2, 0) is 9.59 Å². The molecular formula is C11H11NO3. The molecule has 4 heteroatoms. The molecule has 0 saturated carbocycles. The van der Waals surface area contributed by atoms with E-state index in [1.165, 1.54) is 0 Å². The first-order valence-corrected chi connectivity index (χ1v) is 4.75. The maximum absolute atomic E-state index is 11.5. The lowest BCUT2D eigenvalue weighted by molar-refractivity contribution is -0.142. The molecule has 1 aromatic rings. The third kappa shape index (κ3) is 1.70. The van der Waals surface area contributed by atoms with Gasteiger partial charge in [-0.05, 0) is 5.56 Å². The Bertz CT molecular complexity index is 388. The van der Waals surface area contributed by atoms with Crippen LogP contribution < -0.4 is 5.32 Å². The second kappa shape index (κ2) is 3.73. The van der Waals surface area contributed by atoms with Crippen molar-refractivity contribution >= 4 is 11.9 Å². The van der Waals surface area contributed by atoms with E-state index in [0.29, 0.717) is 0 Å². The smallest absolute Gasteiger partial charge is 0.309 e. The summed E-state index contributed by atoms with van der Waals surface area (Å²) in [4.78, 5) is 22.5. The Morgan fingerprint density at radius 1 is 1.33 bits per heavy atom. The lowest BCUT2D eigenvalue weighted by atomic mass is 9.88. The topological polar surface area (TPSA) is 66.4 Å². The van der Waals surface area contributed by atoms with Crippen molar-refractivity contribution in [3.8, 4) is 0 Å². The number of carboxylic acid groups (broad SMARTS) is 1. The molecule has 2 N–H and O–H groups in total. The molecule has 0 unspecified atom stereocenters. The standard InChI is InChI=1S/C11H11NO3/c13-10-9(7-4-2-1-3-5-7)8(6-12-10)11(14)15/h1-5,8-9H,6H2,(H,12,13)(H,14,15)/t8-,9-/m0/s1. The Labute approximate surface area is 86.9 Å². The zero-order chi connectivity index (χ0) is 10.8. The lowest BCUT2D eigenvalue weighted by Crippen LogP contribution is -2.21. The minimum Gasteiger partial charge on any atom is -0.481 e. The Balaban J connectivity index is 2.33. The van der Waals surface area contributed by atoms with Crippen LogP contribution in [0.1, 0.15) is 11.5 Å². The molecule has 2 atom stereocenters. The molecule has 15 heavy (non-hydrogen) atoms. The van der Waals surface area contributed by atoms with Crippen LogP contribution in [-0.4, -0.2) is 23.5 Å². The number of carbonyl (C=O) groups excluding carboxylic acids is 1. The molecule has 1 aromatic carbocycles. The molecule has 1 fully saturated rings. The highest BCUT2D eigenvalue weighted by Gasteiger charge is 2.40. The number of amides is 1. The largest absolute Gasteiger partial charge is 0.481 e. The molecule has 0 radical (unpaired) electrons. The van der Waals surface area contributed by atoms with Crippen molar-refractivity contribution in [2.24, 2.45) is 5.92 Å². The quantitative estimate of drug-likeness (QED) is 0.743. The number of nitrogens with one attached hydrogen (secondary N) is 1. The van der Waals surface area contributed by atoms with E-state index < -0.39 is 17.8 Å². The molecular weight excluding hydrogens is 194 g/mol. The maximum atomic E-state index is 11.5. The summed E-state index contributed by atoms with van der Waals surface area (Å²) < 4.78 is 0. The molecule has 0 bridgehead atoms. The molecule has 0 aromatic heterocycles. The summed E-state index contributed by atoms with van der Waals surface area (Å²) in [6.45, 7) is 0.216. The first-order valence-electron chi connectivity index (χ1n) is 4.75. The zero-order valence-electron chi connectivity index (χ0n) is 8.01. The first-order chi connectivity index (χ1) is 7.20. The summed E-state index contributed by atoms with van der Waals surface area (Å²) in [5.41, 5.74) is 0.764. The number of rotatable bonds is 2. The average Bonchev–Trinajstić information content (AvgIpc) is 2.61. The fourth-order valence-electron chi connectivity index (χ4n) is 1.90. The predicted molar refractivity (Wildman–Crippen MR) is 53.3 cm³/mol. The van der Waals surface area contributed by atoms with Crippen molar-refractivity contribution in [3.63, 3.8) is 0 Å². The van der Waals surface area contributed by atoms with E-state index in [9.17, 15) is 9.59 Å². The van der Waals surface area contributed by atoms with Gasteiger partial charge in [0.2, 0.25) is 5.91 Å². The molecule has 0 aliphatic carbocycles. The highest BCUT2D eigenvalue weighted by atomic mass is 16.4.